The van der Waals surface area contributed by atoms with Gasteiger partial charge in [-0.25, -0.2) is 0 Å². The maximum Gasteiger partial charge on any atom is 0.251 e. The molecule has 4 nitrogen and oxygen atoms in total. The first kappa shape index (κ1) is 12.4. The second-order valence-electron chi connectivity index (χ2n) is 4.65. The lowest BCUT2D eigenvalue weighted by molar-refractivity contribution is -0.0978. The van der Waals surface area contributed by atoms with Crippen LogP contribution in [-0.2, 0) is 4.74 Å². The minimum absolute atomic E-state index is 0.0487. The van der Waals surface area contributed by atoms with E-state index >= 15 is 0 Å². The molecule has 1 aliphatic rings. The van der Waals surface area contributed by atoms with Gasteiger partial charge in [0.2, 0.25) is 0 Å². The predicted molar refractivity (Wildman–Crippen MR) is 67.1 cm³/mol. The van der Waals surface area contributed by atoms with Crippen LogP contribution in [0.1, 0.15) is 17.3 Å². The molecule has 0 spiro atoms. The van der Waals surface area contributed by atoms with Gasteiger partial charge in [-0.3, -0.25) is 4.79 Å². The summed E-state index contributed by atoms with van der Waals surface area (Å²) in [6.45, 7) is 4.01. The Hall–Kier alpha value is -1.07. The fourth-order valence-electron chi connectivity index (χ4n) is 1.60. The number of ether oxygens (including phenoxy) is 1. The highest BCUT2D eigenvalue weighted by Gasteiger charge is 2.33. The van der Waals surface area contributed by atoms with Crippen molar-refractivity contribution >= 4 is 21.8 Å². The molecule has 1 saturated heterocycles. The molecule has 2 N–H and O–H groups in total. The molecule has 1 aliphatic heterocycles. The van der Waals surface area contributed by atoms with Gasteiger partial charge in [-0.1, -0.05) is 6.92 Å². The van der Waals surface area contributed by atoms with Gasteiger partial charge < -0.3 is 15.2 Å². The highest BCUT2D eigenvalue weighted by molar-refractivity contribution is 9.10. The molecule has 0 unspecified atom stereocenters. The third-order valence-electron chi connectivity index (χ3n) is 2.79. The van der Waals surface area contributed by atoms with Crippen LogP contribution in [0.3, 0.4) is 0 Å². The summed E-state index contributed by atoms with van der Waals surface area (Å²) >= 11 is 3.17. The average Bonchev–Trinajstić information content (AvgIpc) is 2.27. The molecule has 5 heteroatoms. The van der Waals surface area contributed by atoms with E-state index in [0.717, 1.165) is 0 Å². The van der Waals surface area contributed by atoms with Crippen LogP contribution in [0, 0.1) is 5.41 Å². The minimum atomic E-state index is -0.180. The lowest BCUT2D eigenvalue weighted by atomic mass is 9.88. The molecule has 1 amide bonds. The highest BCUT2D eigenvalue weighted by atomic mass is 79.9. The molecular weight excluding hydrogens is 286 g/mol. The van der Waals surface area contributed by atoms with Crippen LogP contribution in [0.15, 0.2) is 22.7 Å². The van der Waals surface area contributed by atoms with Crippen molar-refractivity contribution in [2.45, 2.75) is 6.92 Å². The first-order valence-corrected chi connectivity index (χ1v) is 6.14. The average molecular weight is 300 g/mol. The molecule has 1 heterocycles. The number of halogens is 1. The zero-order valence-electron chi connectivity index (χ0n) is 9.50. The summed E-state index contributed by atoms with van der Waals surface area (Å²) in [4.78, 5) is 11.8. The van der Waals surface area contributed by atoms with E-state index in [1.165, 1.54) is 6.07 Å². The van der Waals surface area contributed by atoms with E-state index in [1.807, 2.05) is 0 Å². The van der Waals surface area contributed by atoms with Crippen LogP contribution < -0.4 is 5.32 Å². The summed E-state index contributed by atoms with van der Waals surface area (Å²) in [5.41, 5.74) is 0.502. The number of amides is 1. The van der Waals surface area contributed by atoms with Crippen molar-refractivity contribution in [1.82, 2.24) is 5.32 Å². The topological polar surface area (TPSA) is 58.6 Å². The molecule has 1 aromatic rings. The SMILES string of the molecule is CC1(CNC(=O)c2ccc(Br)c(O)c2)COC1. The van der Waals surface area contributed by atoms with E-state index in [9.17, 15) is 9.90 Å². The van der Waals surface area contributed by atoms with Crippen molar-refractivity contribution in [3.05, 3.63) is 28.2 Å². The first-order valence-electron chi connectivity index (χ1n) is 5.35. The molecule has 1 aromatic carbocycles. The van der Waals surface area contributed by atoms with Gasteiger partial charge in [0.15, 0.2) is 0 Å². The Labute approximate surface area is 108 Å². The van der Waals surface area contributed by atoms with Crippen molar-refractivity contribution in [3.63, 3.8) is 0 Å². The zero-order chi connectivity index (χ0) is 12.5. The number of phenolic OH excluding ortho intramolecular Hbond substituents is 1. The van der Waals surface area contributed by atoms with E-state index in [0.29, 0.717) is 29.8 Å². The Kier molecular flexibility index (Phi) is 3.40. The third kappa shape index (κ3) is 2.79. The van der Waals surface area contributed by atoms with Crippen LogP contribution in [0.2, 0.25) is 0 Å². The molecule has 0 saturated carbocycles. The number of aromatic hydroxyl groups is 1. The molecule has 17 heavy (non-hydrogen) atoms. The lowest BCUT2D eigenvalue weighted by Gasteiger charge is -2.38. The van der Waals surface area contributed by atoms with Crippen LogP contribution in [0.5, 0.6) is 5.75 Å². The van der Waals surface area contributed by atoms with Crippen molar-refractivity contribution < 1.29 is 14.6 Å². The number of phenols is 1. The van der Waals surface area contributed by atoms with E-state index in [2.05, 4.69) is 28.2 Å². The third-order valence-corrected chi connectivity index (χ3v) is 3.46. The smallest absolute Gasteiger partial charge is 0.251 e. The predicted octanol–water partition coefficient (Wildman–Crippen LogP) is 1.92. The number of benzene rings is 1. The number of rotatable bonds is 3. The summed E-state index contributed by atoms with van der Waals surface area (Å²) in [7, 11) is 0. The Morgan fingerprint density at radius 1 is 1.59 bits per heavy atom. The number of carbonyl (C=O) groups excluding carboxylic acids is 1. The summed E-state index contributed by atoms with van der Waals surface area (Å²) < 4.78 is 5.69. The van der Waals surface area contributed by atoms with E-state index in [1.54, 1.807) is 12.1 Å². The Balaban J connectivity index is 1.97. The molecule has 0 bridgehead atoms. The summed E-state index contributed by atoms with van der Waals surface area (Å²) in [5.74, 6) is -0.114. The van der Waals surface area contributed by atoms with Gasteiger partial charge in [0.25, 0.3) is 5.91 Å². The monoisotopic (exact) mass is 299 g/mol. The summed E-state index contributed by atoms with van der Waals surface area (Å²) in [6, 6.07) is 4.76. The second-order valence-corrected chi connectivity index (χ2v) is 5.51. The van der Waals surface area contributed by atoms with Gasteiger partial charge in [0.1, 0.15) is 5.75 Å². The van der Waals surface area contributed by atoms with Crippen molar-refractivity contribution in [2.75, 3.05) is 19.8 Å². The van der Waals surface area contributed by atoms with Gasteiger partial charge in [-0.05, 0) is 34.1 Å². The number of nitrogens with one attached hydrogen (secondary N) is 1. The van der Waals surface area contributed by atoms with Gasteiger partial charge in [0.05, 0.1) is 17.7 Å². The van der Waals surface area contributed by atoms with Crippen LogP contribution in [0.25, 0.3) is 0 Å². The first-order chi connectivity index (χ1) is 8.00. The van der Waals surface area contributed by atoms with E-state index in [4.69, 9.17) is 4.74 Å². The quantitative estimate of drug-likeness (QED) is 0.896. The lowest BCUT2D eigenvalue weighted by Crippen LogP contribution is -2.48. The minimum Gasteiger partial charge on any atom is -0.507 e. The number of carbonyl (C=O) groups is 1. The Morgan fingerprint density at radius 3 is 2.82 bits per heavy atom. The zero-order valence-corrected chi connectivity index (χ0v) is 11.1. The van der Waals surface area contributed by atoms with Gasteiger partial charge in [-0.2, -0.15) is 0 Å². The Bertz CT molecular complexity index is 443. The maximum absolute atomic E-state index is 11.8. The van der Waals surface area contributed by atoms with Gasteiger partial charge in [0, 0.05) is 17.5 Å². The van der Waals surface area contributed by atoms with Crippen molar-refractivity contribution in [3.8, 4) is 5.75 Å². The molecule has 0 radical (unpaired) electrons. The van der Waals surface area contributed by atoms with E-state index < -0.39 is 0 Å². The molecule has 2 rings (SSSR count). The normalized spacial score (nSPS) is 17.3. The van der Waals surface area contributed by atoms with Crippen molar-refractivity contribution in [2.24, 2.45) is 5.41 Å². The number of hydrogen-bond donors (Lipinski definition) is 2. The van der Waals surface area contributed by atoms with E-state index in [-0.39, 0.29) is 17.1 Å². The fourth-order valence-corrected chi connectivity index (χ4v) is 1.85. The standard InChI is InChI=1S/C12H14BrNO3/c1-12(6-17-7-12)5-14-11(16)8-2-3-9(13)10(15)4-8/h2-4,15H,5-7H2,1H3,(H,14,16). The van der Waals surface area contributed by atoms with Gasteiger partial charge >= 0.3 is 0 Å². The number of hydrogen-bond acceptors (Lipinski definition) is 3. The molecule has 92 valence electrons. The molecule has 0 aromatic heterocycles. The highest BCUT2D eigenvalue weighted by Crippen LogP contribution is 2.26. The summed E-state index contributed by atoms with van der Waals surface area (Å²) in [5, 5.41) is 12.3. The van der Waals surface area contributed by atoms with Crippen LogP contribution >= 0.6 is 15.9 Å². The van der Waals surface area contributed by atoms with Crippen LogP contribution in [-0.4, -0.2) is 30.8 Å². The maximum atomic E-state index is 11.8. The molecule has 1 fully saturated rings. The summed E-state index contributed by atoms with van der Waals surface area (Å²) in [6.07, 6.45) is 0. The molecule has 0 aliphatic carbocycles. The fraction of sp³-hybridized carbons (Fsp3) is 0.417. The van der Waals surface area contributed by atoms with Crippen molar-refractivity contribution in [1.29, 1.82) is 0 Å². The largest absolute Gasteiger partial charge is 0.507 e. The Morgan fingerprint density at radius 2 is 2.29 bits per heavy atom. The van der Waals surface area contributed by atoms with Crippen LogP contribution in [0.4, 0.5) is 0 Å². The van der Waals surface area contributed by atoms with Gasteiger partial charge in [-0.15, -0.1) is 0 Å². The second kappa shape index (κ2) is 4.66. The molecular formula is C12H14BrNO3. The molecule has 0 atom stereocenters.